The Balaban J connectivity index is 2.27. The first-order valence-corrected chi connectivity index (χ1v) is 8.84. The van der Waals surface area contributed by atoms with Gasteiger partial charge in [0.15, 0.2) is 5.75 Å². The van der Waals surface area contributed by atoms with Crippen molar-refractivity contribution in [2.24, 2.45) is 5.73 Å². The van der Waals surface area contributed by atoms with Crippen molar-refractivity contribution < 1.29 is 18.9 Å². The van der Waals surface area contributed by atoms with E-state index in [1.807, 2.05) is 0 Å². The highest BCUT2D eigenvalue weighted by Gasteiger charge is 2.17. The molecule has 0 heterocycles. The largest absolute Gasteiger partial charge is 0.524 e. The fourth-order valence-electron chi connectivity index (χ4n) is 2.02. The van der Waals surface area contributed by atoms with E-state index in [4.69, 9.17) is 15.5 Å². The SMILES string of the molecule is NCCCCCCCCNc1ccccc1OP(=O)(O)O. The molecule has 0 amide bonds. The summed E-state index contributed by atoms with van der Waals surface area (Å²) < 4.78 is 15.5. The van der Waals surface area contributed by atoms with Crippen LogP contribution in [0, 0.1) is 0 Å². The van der Waals surface area contributed by atoms with Crippen LogP contribution in [0.2, 0.25) is 0 Å². The van der Waals surface area contributed by atoms with E-state index in [0.29, 0.717) is 5.69 Å². The van der Waals surface area contributed by atoms with Crippen molar-refractivity contribution in [2.45, 2.75) is 38.5 Å². The highest BCUT2D eigenvalue weighted by Crippen LogP contribution is 2.40. The van der Waals surface area contributed by atoms with Gasteiger partial charge in [0.1, 0.15) is 0 Å². The monoisotopic (exact) mass is 316 g/mol. The molecule has 0 saturated carbocycles. The Kier molecular flexibility index (Phi) is 8.38. The van der Waals surface area contributed by atoms with E-state index in [2.05, 4.69) is 9.84 Å². The molecule has 5 N–H and O–H groups in total. The first kappa shape index (κ1) is 18.0. The predicted octanol–water partition coefficient (Wildman–Crippen LogP) is 2.87. The van der Waals surface area contributed by atoms with E-state index >= 15 is 0 Å². The van der Waals surface area contributed by atoms with Gasteiger partial charge in [0.2, 0.25) is 0 Å². The first-order valence-electron chi connectivity index (χ1n) is 7.31. The molecule has 0 aliphatic carbocycles. The minimum Gasteiger partial charge on any atom is -0.402 e. The lowest BCUT2D eigenvalue weighted by Crippen LogP contribution is -2.03. The van der Waals surface area contributed by atoms with E-state index < -0.39 is 7.82 Å². The molecule has 21 heavy (non-hydrogen) atoms. The van der Waals surface area contributed by atoms with Gasteiger partial charge in [-0.15, -0.1) is 0 Å². The Hall–Kier alpha value is -1.07. The van der Waals surface area contributed by atoms with Crippen LogP contribution in [0.5, 0.6) is 5.75 Å². The van der Waals surface area contributed by atoms with Gasteiger partial charge in [0.05, 0.1) is 5.69 Å². The molecule has 0 unspecified atom stereocenters. The fraction of sp³-hybridized carbons (Fsp3) is 0.571. The van der Waals surface area contributed by atoms with Gasteiger partial charge < -0.3 is 15.6 Å². The van der Waals surface area contributed by atoms with Gasteiger partial charge in [0.25, 0.3) is 0 Å². The molecule has 0 aliphatic rings. The van der Waals surface area contributed by atoms with Crippen LogP contribution >= 0.6 is 7.82 Å². The summed E-state index contributed by atoms with van der Waals surface area (Å²) in [5.74, 6) is 0.175. The lowest BCUT2D eigenvalue weighted by molar-refractivity contribution is 0.283. The topological polar surface area (TPSA) is 105 Å². The van der Waals surface area contributed by atoms with Crippen LogP contribution in [-0.2, 0) is 4.57 Å². The van der Waals surface area contributed by atoms with Crippen LogP contribution in [-0.4, -0.2) is 22.9 Å². The Morgan fingerprint density at radius 2 is 1.67 bits per heavy atom. The zero-order valence-corrected chi connectivity index (χ0v) is 13.1. The molecule has 1 aromatic rings. The summed E-state index contributed by atoms with van der Waals surface area (Å²) >= 11 is 0. The Labute approximate surface area is 125 Å². The number of unbranched alkanes of at least 4 members (excludes halogenated alkanes) is 5. The molecule has 0 aliphatic heterocycles. The normalized spacial score (nSPS) is 11.4. The van der Waals surface area contributed by atoms with E-state index in [9.17, 15) is 4.57 Å². The maximum atomic E-state index is 10.9. The average Bonchev–Trinajstić information content (AvgIpc) is 2.42. The van der Waals surface area contributed by atoms with Crippen LogP contribution in [0.3, 0.4) is 0 Å². The molecule has 7 heteroatoms. The smallest absolute Gasteiger partial charge is 0.402 e. The van der Waals surface area contributed by atoms with Crippen LogP contribution < -0.4 is 15.6 Å². The van der Waals surface area contributed by atoms with E-state index in [1.165, 1.54) is 25.3 Å². The summed E-state index contributed by atoms with van der Waals surface area (Å²) in [6.45, 7) is 1.51. The summed E-state index contributed by atoms with van der Waals surface area (Å²) in [5, 5.41) is 3.15. The maximum Gasteiger partial charge on any atom is 0.524 e. The number of hydrogen-bond acceptors (Lipinski definition) is 4. The molecule has 1 aromatic carbocycles. The van der Waals surface area contributed by atoms with Crippen molar-refractivity contribution in [1.29, 1.82) is 0 Å². The van der Waals surface area contributed by atoms with Gasteiger partial charge in [-0.1, -0.05) is 37.8 Å². The Morgan fingerprint density at radius 1 is 1.05 bits per heavy atom. The molecule has 120 valence electrons. The molecule has 0 radical (unpaired) electrons. The predicted molar refractivity (Wildman–Crippen MR) is 84.4 cm³/mol. The number of hydrogen-bond donors (Lipinski definition) is 4. The van der Waals surface area contributed by atoms with E-state index in [1.54, 1.807) is 18.2 Å². The second-order valence-electron chi connectivity index (χ2n) is 4.91. The van der Waals surface area contributed by atoms with Gasteiger partial charge in [0, 0.05) is 6.54 Å². The van der Waals surface area contributed by atoms with Gasteiger partial charge in [-0.2, -0.15) is 0 Å². The molecule has 0 fully saturated rings. The van der Waals surface area contributed by atoms with Crippen molar-refractivity contribution in [3.05, 3.63) is 24.3 Å². The zero-order valence-electron chi connectivity index (χ0n) is 12.2. The van der Waals surface area contributed by atoms with Crippen LogP contribution in [0.1, 0.15) is 38.5 Å². The average molecular weight is 316 g/mol. The number of benzene rings is 1. The minimum absolute atomic E-state index is 0.175. The summed E-state index contributed by atoms with van der Waals surface area (Å²) in [4.78, 5) is 17.7. The lowest BCUT2D eigenvalue weighted by atomic mass is 10.1. The number of phosphoric acid groups is 1. The number of anilines is 1. The molecule has 0 bridgehead atoms. The highest BCUT2D eigenvalue weighted by atomic mass is 31.2. The minimum atomic E-state index is -4.53. The van der Waals surface area contributed by atoms with E-state index in [-0.39, 0.29) is 5.75 Å². The number of nitrogens with two attached hydrogens (primary N) is 1. The highest BCUT2D eigenvalue weighted by molar-refractivity contribution is 7.46. The van der Waals surface area contributed by atoms with Crippen molar-refractivity contribution in [3.8, 4) is 5.75 Å². The molecular weight excluding hydrogens is 291 g/mol. The second kappa shape index (κ2) is 9.79. The first-order chi connectivity index (χ1) is 10.0. The summed E-state index contributed by atoms with van der Waals surface area (Å²) in [6.07, 6.45) is 6.79. The number of phosphoric ester groups is 1. The molecule has 0 spiro atoms. The molecule has 0 atom stereocenters. The molecule has 0 aromatic heterocycles. The van der Waals surface area contributed by atoms with Crippen LogP contribution in [0.25, 0.3) is 0 Å². The van der Waals surface area contributed by atoms with Crippen molar-refractivity contribution >= 4 is 13.5 Å². The van der Waals surface area contributed by atoms with Gasteiger partial charge in [-0.25, -0.2) is 4.57 Å². The quantitative estimate of drug-likeness (QED) is 0.369. The number of para-hydroxylation sites is 2. The van der Waals surface area contributed by atoms with Crippen molar-refractivity contribution in [2.75, 3.05) is 18.4 Å². The van der Waals surface area contributed by atoms with Crippen molar-refractivity contribution in [3.63, 3.8) is 0 Å². The number of nitrogens with one attached hydrogen (secondary N) is 1. The number of rotatable bonds is 11. The van der Waals surface area contributed by atoms with Crippen LogP contribution in [0.15, 0.2) is 24.3 Å². The standard InChI is InChI=1S/C14H25N2O4P/c15-11-7-3-1-2-4-8-12-16-13-9-5-6-10-14(13)20-21(17,18)19/h5-6,9-10,16H,1-4,7-8,11-12,15H2,(H2,17,18,19). The maximum absolute atomic E-state index is 10.9. The third-order valence-electron chi connectivity index (χ3n) is 3.05. The zero-order chi connectivity index (χ0) is 15.6. The fourth-order valence-corrected chi connectivity index (χ4v) is 2.44. The summed E-state index contributed by atoms with van der Waals surface area (Å²) in [6, 6.07) is 6.75. The molecule has 1 rings (SSSR count). The third kappa shape index (κ3) is 8.73. The van der Waals surface area contributed by atoms with Gasteiger partial charge >= 0.3 is 7.82 Å². The van der Waals surface area contributed by atoms with Crippen molar-refractivity contribution in [1.82, 2.24) is 0 Å². The molecule has 0 saturated heterocycles. The Bertz CT molecular complexity index is 450. The van der Waals surface area contributed by atoms with E-state index in [0.717, 1.165) is 32.4 Å². The lowest BCUT2D eigenvalue weighted by Gasteiger charge is -2.13. The second-order valence-corrected chi connectivity index (χ2v) is 6.08. The molecular formula is C14H25N2O4P. The van der Waals surface area contributed by atoms with Gasteiger partial charge in [-0.3, -0.25) is 9.79 Å². The van der Waals surface area contributed by atoms with Gasteiger partial charge in [-0.05, 0) is 31.5 Å². The molecule has 6 nitrogen and oxygen atoms in total. The van der Waals surface area contributed by atoms with Crippen LogP contribution in [0.4, 0.5) is 5.69 Å². The summed E-state index contributed by atoms with van der Waals surface area (Å²) in [7, 11) is -4.53. The summed E-state index contributed by atoms with van der Waals surface area (Å²) in [5.41, 5.74) is 6.04. The third-order valence-corrected chi connectivity index (χ3v) is 3.49. The Morgan fingerprint density at radius 3 is 2.33 bits per heavy atom.